The van der Waals surface area contributed by atoms with E-state index in [1.807, 2.05) is 0 Å². The number of imidazole rings is 1. The Balaban J connectivity index is 1.82. The van der Waals surface area contributed by atoms with Crippen LogP contribution in [0.15, 0.2) is 44.8 Å². The van der Waals surface area contributed by atoms with Crippen molar-refractivity contribution in [3.63, 3.8) is 0 Å². The summed E-state index contributed by atoms with van der Waals surface area (Å²) in [5.74, 6) is -0.531. The molecule has 0 fully saturated rings. The fraction of sp³-hybridized carbons (Fsp3) is 0.231. The largest absolute Gasteiger partial charge is 0.419 e. The smallest absolute Gasteiger partial charge is 0.408 e. The highest BCUT2D eigenvalue weighted by Gasteiger charge is 2.16. The second-order valence-corrected chi connectivity index (χ2v) is 6.55. The predicted octanol–water partition coefficient (Wildman–Crippen LogP) is 0.376. The fourth-order valence-electron chi connectivity index (χ4n) is 2.10. The molecule has 116 valence electrons. The Morgan fingerprint density at radius 1 is 1.41 bits per heavy atom. The van der Waals surface area contributed by atoms with Crippen molar-refractivity contribution in [1.82, 2.24) is 19.3 Å². The molecular formula is C13H14N4O4S. The van der Waals surface area contributed by atoms with Gasteiger partial charge in [-0.3, -0.25) is 4.57 Å². The van der Waals surface area contributed by atoms with Crippen molar-refractivity contribution in [3.05, 3.63) is 47.0 Å². The van der Waals surface area contributed by atoms with Crippen molar-refractivity contribution in [2.24, 2.45) is 7.05 Å². The van der Waals surface area contributed by atoms with E-state index in [1.54, 1.807) is 6.20 Å². The van der Waals surface area contributed by atoms with Gasteiger partial charge in [-0.15, -0.1) is 0 Å². The molecule has 0 bridgehead atoms. The van der Waals surface area contributed by atoms with Crippen molar-refractivity contribution in [3.8, 4) is 0 Å². The maximum atomic E-state index is 12.3. The van der Waals surface area contributed by atoms with Gasteiger partial charge in [0.2, 0.25) is 10.0 Å². The van der Waals surface area contributed by atoms with Gasteiger partial charge in [0.05, 0.1) is 16.7 Å². The molecule has 0 aliphatic heterocycles. The normalized spacial score (nSPS) is 12.0. The minimum Gasteiger partial charge on any atom is -0.408 e. The second-order valence-electron chi connectivity index (χ2n) is 4.78. The number of sulfonamides is 1. The molecule has 3 rings (SSSR count). The summed E-state index contributed by atoms with van der Waals surface area (Å²) in [4.78, 5) is 18.3. The van der Waals surface area contributed by atoms with E-state index < -0.39 is 15.8 Å². The average molecular weight is 322 g/mol. The lowest BCUT2D eigenvalue weighted by molar-refractivity contribution is 0.528. The van der Waals surface area contributed by atoms with Gasteiger partial charge in [-0.05, 0) is 18.2 Å². The van der Waals surface area contributed by atoms with Gasteiger partial charge in [0, 0.05) is 31.9 Å². The van der Waals surface area contributed by atoms with E-state index >= 15 is 0 Å². The number of oxazole rings is 1. The number of aryl methyl sites for hydroxylation is 1. The molecule has 0 spiro atoms. The van der Waals surface area contributed by atoms with Crippen molar-refractivity contribution in [2.75, 3.05) is 6.54 Å². The quantitative estimate of drug-likeness (QED) is 0.705. The molecule has 0 saturated heterocycles. The van der Waals surface area contributed by atoms with Gasteiger partial charge in [-0.1, -0.05) is 0 Å². The number of H-pyrrole nitrogens is 1. The van der Waals surface area contributed by atoms with Gasteiger partial charge >= 0.3 is 5.76 Å². The first-order chi connectivity index (χ1) is 10.5. The van der Waals surface area contributed by atoms with Crippen LogP contribution in [0.3, 0.4) is 0 Å². The number of hydrogen-bond donors (Lipinski definition) is 2. The van der Waals surface area contributed by atoms with Crippen LogP contribution >= 0.6 is 0 Å². The lowest BCUT2D eigenvalue weighted by Crippen LogP contribution is -2.26. The van der Waals surface area contributed by atoms with Crippen LogP contribution in [0.25, 0.3) is 11.1 Å². The number of aromatic nitrogens is 3. The summed E-state index contributed by atoms with van der Waals surface area (Å²) in [5, 5.41) is 0. The summed E-state index contributed by atoms with van der Waals surface area (Å²) in [6, 6.07) is 4.29. The molecule has 8 nitrogen and oxygen atoms in total. The molecule has 2 heterocycles. The van der Waals surface area contributed by atoms with Gasteiger partial charge in [-0.2, -0.15) is 0 Å². The van der Waals surface area contributed by atoms with E-state index in [4.69, 9.17) is 4.42 Å². The maximum absolute atomic E-state index is 12.3. The van der Waals surface area contributed by atoms with E-state index in [1.165, 1.54) is 36.1 Å². The van der Waals surface area contributed by atoms with Crippen LogP contribution in [0.2, 0.25) is 0 Å². The Morgan fingerprint density at radius 3 is 2.95 bits per heavy atom. The fourth-order valence-corrected chi connectivity index (χ4v) is 3.15. The molecule has 1 aromatic carbocycles. The Hall–Kier alpha value is -2.39. The van der Waals surface area contributed by atoms with Crippen LogP contribution < -0.4 is 10.5 Å². The molecule has 2 aromatic heterocycles. The maximum Gasteiger partial charge on any atom is 0.419 e. The molecule has 0 saturated carbocycles. The lowest BCUT2D eigenvalue weighted by atomic mass is 10.3. The third-order valence-electron chi connectivity index (χ3n) is 3.31. The summed E-state index contributed by atoms with van der Waals surface area (Å²) in [7, 11) is -2.13. The number of nitrogens with one attached hydrogen (secondary N) is 2. The summed E-state index contributed by atoms with van der Waals surface area (Å²) in [6.45, 7) is 0.243. The van der Waals surface area contributed by atoms with Gasteiger partial charge < -0.3 is 9.40 Å². The Morgan fingerprint density at radius 2 is 2.23 bits per heavy atom. The van der Waals surface area contributed by atoms with Gasteiger partial charge in [0.1, 0.15) is 0 Å². The molecule has 3 aromatic rings. The number of aromatic amines is 1. The first kappa shape index (κ1) is 14.5. The minimum atomic E-state index is -3.65. The number of fused-ring (bicyclic) bond motifs is 1. The summed E-state index contributed by atoms with van der Waals surface area (Å²) in [5.41, 5.74) is 1.63. The number of rotatable bonds is 5. The number of nitrogens with zero attached hydrogens (tertiary/aromatic N) is 2. The topological polar surface area (TPSA) is 110 Å². The molecule has 0 unspecified atom stereocenters. The first-order valence-corrected chi connectivity index (χ1v) is 8.02. The Labute approximate surface area is 125 Å². The molecule has 0 atom stereocenters. The van der Waals surface area contributed by atoms with Crippen LogP contribution in [0.1, 0.15) is 5.69 Å². The predicted molar refractivity (Wildman–Crippen MR) is 78.9 cm³/mol. The molecule has 0 amide bonds. The van der Waals surface area contributed by atoms with Crippen LogP contribution in [-0.2, 0) is 23.5 Å². The van der Waals surface area contributed by atoms with Gasteiger partial charge in [0.25, 0.3) is 0 Å². The second kappa shape index (κ2) is 5.43. The average Bonchev–Trinajstić information content (AvgIpc) is 3.08. The third kappa shape index (κ3) is 2.68. The lowest BCUT2D eigenvalue weighted by Gasteiger charge is -2.06. The standard InChI is InChI=1S/C13H14N4O4S/c1-17-11-6-10(2-3-12(11)21-13(17)18)22(19,20)16-5-4-9-7-14-8-15-9/h2-3,6-8,16H,4-5H2,1H3,(H,14,15). The van der Waals surface area contributed by atoms with Crippen molar-refractivity contribution in [2.45, 2.75) is 11.3 Å². The van der Waals surface area contributed by atoms with Crippen molar-refractivity contribution < 1.29 is 12.8 Å². The van der Waals surface area contributed by atoms with Gasteiger partial charge in [0.15, 0.2) is 5.58 Å². The highest BCUT2D eigenvalue weighted by molar-refractivity contribution is 7.89. The summed E-state index contributed by atoms with van der Waals surface area (Å²) < 4.78 is 33.3. The zero-order chi connectivity index (χ0) is 15.7. The van der Waals surface area contributed by atoms with E-state index in [0.717, 1.165) is 5.69 Å². The van der Waals surface area contributed by atoms with Crippen LogP contribution in [0.4, 0.5) is 0 Å². The molecule has 22 heavy (non-hydrogen) atoms. The van der Waals surface area contributed by atoms with Crippen molar-refractivity contribution in [1.29, 1.82) is 0 Å². The Bertz CT molecular complexity index is 954. The SMILES string of the molecule is Cn1c(=O)oc2ccc(S(=O)(=O)NCCc3cnc[nH]3)cc21. The van der Waals surface area contributed by atoms with E-state index in [0.29, 0.717) is 17.5 Å². The van der Waals surface area contributed by atoms with Gasteiger partial charge in [-0.25, -0.2) is 22.9 Å². The summed E-state index contributed by atoms with van der Waals surface area (Å²) >= 11 is 0. The van der Waals surface area contributed by atoms with Crippen LogP contribution in [-0.4, -0.2) is 29.5 Å². The minimum absolute atomic E-state index is 0.0843. The molecule has 0 aliphatic rings. The third-order valence-corrected chi connectivity index (χ3v) is 4.77. The number of benzene rings is 1. The van der Waals surface area contributed by atoms with E-state index in [9.17, 15) is 13.2 Å². The van der Waals surface area contributed by atoms with E-state index in [2.05, 4.69) is 14.7 Å². The zero-order valence-electron chi connectivity index (χ0n) is 11.7. The molecule has 0 aliphatic carbocycles. The first-order valence-electron chi connectivity index (χ1n) is 6.54. The molecular weight excluding hydrogens is 308 g/mol. The summed E-state index contributed by atoms with van der Waals surface area (Å²) in [6.07, 6.45) is 3.68. The van der Waals surface area contributed by atoms with E-state index in [-0.39, 0.29) is 11.4 Å². The van der Waals surface area contributed by atoms with Crippen LogP contribution in [0.5, 0.6) is 0 Å². The van der Waals surface area contributed by atoms with Crippen LogP contribution in [0, 0.1) is 0 Å². The molecule has 2 N–H and O–H groups in total. The highest BCUT2D eigenvalue weighted by Crippen LogP contribution is 2.17. The zero-order valence-corrected chi connectivity index (χ0v) is 12.6. The highest BCUT2D eigenvalue weighted by atomic mass is 32.2. The monoisotopic (exact) mass is 322 g/mol. The molecule has 0 radical (unpaired) electrons. The molecule has 9 heteroatoms. The number of hydrogen-bond acceptors (Lipinski definition) is 5. The van der Waals surface area contributed by atoms with Crippen molar-refractivity contribution >= 4 is 21.1 Å². The Kier molecular flexibility index (Phi) is 3.59.